The minimum absolute atomic E-state index is 0.0839. The summed E-state index contributed by atoms with van der Waals surface area (Å²) >= 11 is 0. The van der Waals surface area contributed by atoms with Gasteiger partial charge in [-0.2, -0.15) is 0 Å². The fourth-order valence-corrected chi connectivity index (χ4v) is 15.3. The van der Waals surface area contributed by atoms with Gasteiger partial charge in [-0.15, -0.1) is 26.3 Å². The van der Waals surface area contributed by atoms with Crippen molar-refractivity contribution in [3.63, 3.8) is 0 Å². The van der Waals surface area contributed by atoms with Gasteiger partial charge in [0.25, 0.3) is 0 Å². The zero-order chi connectivity index (χ0) is 77.4. The molecule has 24 heteroatoms. The lowest BCUT2D eigenvalue weighted by atomic mass is 9.95. The van der Waals surface area contributed by atoms with Crippen LogP contribution in [0.3, 0.4) is 0 Å². The minimum atomic E-state index is -4.70. The monoisotopic (exact) mass is 1540 g/mol. The lowest BCUT2D eigenvalue weighted by Gasteiger charge is -2.48. The van der Waals surface area contributed by atoms with E-state index in [1.807, 2.05) is 0 Å². The second-order valence-electron chi connectivity index (χ2n) is 27.9. The Balaban J connectivity index is 2.88. The van der Waals surface area contributed by atoms with Crippen molar-refractivity contribution < 1.29 is 98.0 Å². The number of nitrogens with one attached hydrogen (secondary N) is 1. The molecule has 2 saturated heterocycles. The SMILES string of the molecule is C=CCOC(=O)O[C@H]1[C@H](OCCCCCCCCCC)[C@@H](NC(=O)CC(=O)CCCCCCCCCCC)[C@@H](OP(=O)(OCC=C)OCC=C)O[C@@H]1CO[C@@H]1O[C@H](COC)[C@@H](OP(=O)(OCC=C)OCC=C)[C@H](OCC[C@@H](CCCCCCC)OC)[C@H]1OCCCCCCCCCC/C=C\CCCCCC. The van der Waals surface area contributed by atoms with Crippen LogP contribution in [-0.2, 0) is 93.2 Å². The summed E-state index contributed by atoms with van der Waals surface area (Å²) in [5.41, 5.74) is 0. The molecule has 22 nitrogen and oxygen atoms in total. The molecule has 0 saturated carbocycles. The fourth-order valence-electron chi connectivity index (χ4n) is 12.8. The third kappa shape index (κ3) is 46.5. The van der Waals surface area contributed by atoms with E-state index in [1.165, 1.54) is 102 Å². The number of ether oxygens (including phenoxy) is 10. The highest BCUT2D eigenvalue weighted by molar-refractivity contribution is 7.48. The van der Waals surface area contributed by atoms with Gasteiger partial charge in [-0.05, 0) is 57.8 Å². The van der Waals surface area contributed by atoms with Crippen LogP contribution in [0.5, 0.6) is 0 Å². The first-order valence-electron chi connectivity index (χ1n) is 41.0. The quantitative estimate of drug-likeness (QED) is 0.0195. The molecule has 0 aromatic rings. The molecule has 0 radical (unpaired) electrons. The first-order valence-corrected chi connectivity index (χ1v) is 43.9. The van der Waals surface area contributed by atoms with Gasteiger partial charge >= 0.3 is 21.8 Å². The third-order valence-electron chi connectivity index (χ3n) is 18.7. The van der Waals surface area contributed by atoms with E-state index in [0.29, 0.717) is 25.7 Å². The van der Waals surface area contributed by atoms with Gasteiger partial charge in [0.2, 0.25) is 5.91 Å². The molecule has 2 aliphatic heterocycles. The van der Waals surface area contributed by atoms with Crippen LogP contribution in [0.15, 0.2) is 75.4 Å². The van der Waals surface area contributed by atoms with Crippen LogP contribution >= 0.6 is 15.6 Å². The van der Waals surface area contributed by atoms with Crippen molar-refractivity contribution in [1.82, 2.24) is 5.32 Å². The van der Waals surface area contributed by atoms with Gasteiger partial charge in [-0.1, -0.05) is 263 Å². The van der Waals surface area contributed by atoms with Crippen molar-refractivity contribution in [2.45, 2.75) is 352 Å². The van der Waals surface area contributed by atoms with Crippen molar-refractivity contribution in [3.05, 3.63) is 75.4 Å². The molecular formula is C82H147NO21P2. The van der Waals surface area contributed by atoms with Crippen LogP contribution in [-0.4, -0.2) is 166 Å². The molecule has 2 fully saturated rings. The van der Waals surface area contributed by atoms with E-state index in [-0.39, 0.29) is 77.8 Å². The van der Waals surface area contributed by atoms with Crippen LogP contribution in [0.4, 0.5) is 4.79 Å². The predicted molar refractivity (Wildman–Crippen MR) is 421 cm³/mol. The van der Waals surface area contributed by atoms with Gasteiger partial charge in [0.05, 0.1) is 52.2 Å². The molecule has 0 bridgehead atoms. The Hall–Kier alpha value is -3.25. The molecule has 0 aliphatic carbocycles. The molecule has 0 unspecified atom stereocenters. The van der Waals surface area contributed by atoms with Gasteiger partial charge in [0, 0.05) is 40.5 Å². The normalized spacial score (nSPS) is 20.8. The molecule has 1 N–H and O–H groups in total. The van der Waals surface area contributed by atoms with E-state index in [4.69, 9.17) is 74.5 Å². The van der Waals surface area contributed by atoms with Crippen molar-refractivity contribution in [2.24, 2.45) is 0 Å². The Morgan fingerprint density at radius 3 is 1.35 bits per heavy atom. The number of carbonyl (C=O) groups excluding carboxylic acids is 3. The van der Waals surface area contributed by atoms with E-state index >= 15 is 0 Å². The van der Waals surface area contributed by atoms with Crippen LogP contribution in [0.1, 0.15) is 285 Å². The third-order valence-corrected chi connectivity index (χ3v) is 21.5. The number of hydrogen-bond donors (Lipinski definition) is 1. The Morgan fingerprint density at radius 1 is 0.434 bits per heavy atom. The lowest BCUT2D eigenvalue weighted by Crippen LogP contribution is -2.67. The van der Waals surface area contributed by atoms with E-state index in [0.717, 1.165) is 154 Å². The standard InChI is InChI=1S/C82H147NO21P2/c1-12-21-25-29-32-35-36-37-38-39-40-41-43-46-50-54-64-92-79-78(93-65-57-70(90-11)56-52-47-28-24-15-4)76(103-105(87,96-59-17-6)97-60-18-7)71(67-89-10)101-81(79)95-68-72-75(102-82(86)94-58-16-5)77(91-63-53-49-45-34-31-27-23-14-3)74(80(100-72)104-106(88,98-61-19-8)99-62-20-9)83-73(85)66-69(84)55-51-48-44-42-33-30-26-22-13-2/h16-20,35-36,70-72,74-81H,5-9,12-15,21-34,37-68H2,1-4,10-11H3,(H,83,85)/b36-35-/t70-,71-,72-,74-,75-,76-,77-,78+,79-,80-,81-/m1/s1. The zero-order valence-corrected chi connectivity index (χ0v) is 68.5. The summed E-state index contributed by atoms with van der Waals surface area (Å²) in [7, 11) is -6.02. The number of Topliss-reactive ketones (excluding diaryl/α,β-unsaturated/α-hetero) is 1. The molecular weight excluding hydrogens is 1400 g/mol. The summed E-state index contributed by atoms with van der Waals surface area (Å²) in [5.74, 6) is -1.01. The minimum Gasteiger partial charge on any atom is -0.430 e. The predicted octanol–water partition coefficient (Wildman–Crippen LogP) is 20.7. The van der Waals surface area contributed by atoms with Crippen LogP contribution in [0.25, 0.3) is 0 Å². The topological polar surface area (TPSA) is 245 Å². The maximum absolute atomic E-state index is 14.9. The van der Waals surface area contributed by atoms with Crippen molar-refractivity contribution in [2.75, 3.05) is 80.3 Å². The molecule has 0 aromatic carbocycles. The number of unbranched alkanes of at least 4 members (excludes halogenated alkanes) is 31. The summed E-state index contributed by atoms with van der Waals surface area (Å²) in [5, 5.41) is 2.92. The average molecular weight is 1550 g/mol. The number of phosphoric ester groups is 2. The van der Waals surface area contributed by atoms with Gasteiger partial charge in [-0.3, -0.25) is 36.7 Å². The van der Waals surface area contributed by atoms with Gasteiger partial charge in [0.1, 0.15) is 55.1 Å². The van der Waals surface area contributed by atoms with Crippen molar-refractivity contribution in [3.8, 4) is 0 Å². The largest absolute Gasteiger partial charge is 0.509 e. The summed E-state index contributed by atoms with van der Waals surface area (Å²) < 4.78 is 131. The number of rotatable bonds is 75. The van der Waals surface area contributed by atoms with Gasteiger partial charge in [-0.25, -0.2) is 13.9 Å². The number of ketones is 1. The average Bonchev–Trinajstić information content (AvgIpc) is 0.784. The summed E-state index contributed by atoms with van der Waals surface area (Å²) in [6.07, 6.45) is 37.2. The Morgan fingerprint density at radius 2 is 0.858 bits per heavy atom. The first-order chi connectivity index (χ1) is 51.7. The van der Waals surface area contributed by atoms with Crippen LogP contribution < -0.4 is 5.32 Å². The van der Waals surface area contributed by atoms with Crippen molar-refractivity contribution >= 4 is 33.5 Å². The van der Waals surface area contributed by atoms with Crippen LogP contribution in [0, 0.1) is 0 Å². The second kappa shape index (κ2) is 66.4. The molecule has 616 valence electrons. The number of phosphoric acid groups is 2. The zero-order valence-electron chi connectivity index (χ0n) is 66.8. The highest BCUT2D eigenvalue weighted by atomic mass is 31.2. The molecule has 106 heavy (non-hydrogen) atoms. The van der Waals surface area contributed by atoms with Gasteiger partial charge < -0.3 is 52.7 Å². The van der Waals surface area contributed by atoms with E-state index in [2.05, 4.69) is 78.1 Å². The highest BCUT2D eigenvalue weighted by Gasteiger charge is 2.56. The summed E-state index contributed by atoms with van der Waals surface area (Å²) in [4.78, 5) is 42.3. The van der Waals surface area contributed by atoms with E-state index in [9.17, 15) is 23.5 Å². The molecule has 0 spiro atoms. The Labute approximate surface area is 641 Å². The lowest BCUT2D eigenvalue weighted by molar-refractivity contribution is -0.328. The maximum Gasteiger partial charge on any atom is 0.509 e. The fraction of sp³-hybridized carbons (Fsp3) is 0.817. The number of amides is 1. The molecule has 0 aromatic heterocycles. The first kappa shape index (κ1) is 98.8. The number of hydrogen-bond acceptors (Lipinski definition) is 21. The molecule has 1 amide bonds. The van der Waals surface area contributed by atoms with E-state index in [1.54, 1.807) is 7.11 Å². The second-order valence-corrected chi connectivity index (χ2v) is 31.1. The highest BCUT2D eigenvalue weighted by Crippen LogP contribution is 2.54. The number of methoxy groups -OCH3 is 2. The maximum atomic E-state index is 14.9. The Bertz CT molecular complexity index is 2340. The van der Waals surface area contributed by atoms with Crippen molar-refractivity contribution in [1.29, 1.82) is 0 Å². The smallest absolute Gasteiger partial charge is 0.430 e. The molecule has 2 heterocycles. The van der Waals surface area contributed by atoms with Gasteiger partial charge in [0.15, 0.2) is 18.7 Å². The number of allylic oxidation sites excluding steroid dienone is 2. The Kier molecular flexibility index (Phi) is 61.9. The number of carbonyl (C=O) groups is 3. The molecule has 11 atom stereocenters. The summed E-state index contributed by atoms with van der Waals surface area (Å²) in [6.45, 7) is 26.0. The molecule has 2 rings (SSSR count). The summed E-state index contributed by atoms with van der Waals surface area (Å²) in [6, 6.07) is -1.47. The molecule has 2 aliphatic rings. The van der Waals surface area contributed by atoms with Crippen LogP contribution in [0.2, 0.25) is 0 Å². The van der Waals surface area contributed by atoms with E-state index < -0.39 is 102 Å².